The molecule has 0 atom stereocenters. The van der Waals surface area contributed by atoms with E-state index in [4.69, 9.17) is 5.11 Å². The number of aromatic nitrogens is 1. The van der Waals surface area contributed by atoms with E-state index < -0.39 is 5.97 Å². The number of amides is 1. The highest BCUT2D eigenvalue weighted by molar-refractivity contribution is 6.00. The summed E-state index contributed by atoms with van der Waals surface area (Å²) in [7, 11) is 0. The number of carboxylic acids is 1. The van der Waals surface area contributed by atoms with Crippen molar-refractivity contribution in [1.82, 2.24) is 10.3 Å². The quantitative estimate of drug-likeness (QED) is 0.458. The SMILES string of the molecule is CC1=C(C)/C(=C/c2[nH]c(CCCCCCCCCC(=O)O)c(C)c2C)NC1=O. The summed E-state index contributed by atoms with van der Waals surface area (Å²) in [6, 6.07) is 0. The maximum Gasteiger partial charge on any atom is 0.303 e. The number of hydrogen-bond acceptors (Lipinski definition) is 2. The molecule has 0 bridgehead atoms. The molecule has 5 nitrogen and oxygen atoms in total. The van der Waals surface area contributed by atoms with Gasteiger partial charge in [0.2, 0.25) is 0 Å². The van der Waals surface area contributed by atoms with Crippen molar-refractivity contribution in [2.24, 2.45) is 0 Å². The van der Waals surface area contributed by atoms with Crippen molar-refractivity contribution in [2.45, 2.75) is 85.5 Å². The van der Waals surface area contributed by atoms with Gasteiger partial charge in [-0.05, 0) is 69.7 Å². The summed E-state index contributed by atoms with van der Waals surface area (Å²) in [6.45, 7) is 8.12. The van der Waals surface area contributed by atoms with Crippen LogP contribution in [0.1, 0.15) is 87.7 Å². The van der Waals surface area contributed by atoms with Gasteiger partial charge in [-0.15, -0.1) is 0 Å². The summed E-state index contributed by atoms with van der Waals surface area (Å²) in [6.07, 6.45) is 11.1. The number of allylic oxidation sites excluding steroid dienone is 1. The Hall–Kier alpha value is -2.30. The molecule has 0 saturated carbocycles. The Balaban J connectivity index is 1.79. The van der Waals surface area contributed by atoms with Crippen molar-refractivity contribution in [2.75, 3.05) is 0 Å². The number of aliphatic carboxylic acids is 1. The van der Waals surface area contributed by atoms with Crippen LogP contribution in [0.2, 0.25) is 0 Å². The minimum absolute atomic E-state index is 0.00661. The number of rotatable bonds is 11. The maximum atomic E-state index is 11.8. The molecule has 1 aromatic rings. The molecule has 0 unspecified atom stereocenters. The van der Waals surface area contributed by atoms with Gasteiger partial charge in [0.15, 0.2) is 0 Å². The van der Waals surface area contributed by atoms with E-state index >= 15 is 0 Å². The van der Waals surface area contributed by atoms with E-state index in [-0.39, 0.29) is 5.91 Å². The van der Waals surface area contributed by atoms with Gasteiger partial charge in [0.1, 0.15) is 0 Å². The molecule has 0 spiro atoms. The lowest BCUT2D eigenvalue weighted by atomic mass is 10.0. The smallest absolute Gasteiger partial charge is 0.303 e. The molecule has 28 heavy (non-hydrogen) atoms. The zero-order valence-electron chi connectivity index (χ0n) is 17.7. The zero-order valence-corrected chi connectivity index (χ0v) is 17.7. The van der Waals surface area contributed by atoms with Gasteiger partial charge in [-0.25, -0.2) is 0 Å². The first-order chi connectivity index (χ1) is 13.3. The minimum atomic E-state index is -0.691. The van der Waals surface area contributed by atoms with E-state index in [2.05, 4.69) is 24.1 Å². The molecule has 0 saturated heterocycles. The second kappa shape index (κ2) is 10.3. The van der Waals surface area contributed by atoms with E-state index in [9.17, 15) is 9.59 Å². The fraction of sp³-hybridized carbons (Fsp3) is 0.565. The Morgan fingerprint density at radius 1 is 0.893 bits per heavy atom. The molecule has 0 radical (unpaired) electrons. The van der Waals surface area contributed by atoms with Gasteiger partial charge in [0, 0.05) is 29.1 Å². The number of H-pyrrole nitrogens is 1. The largest absolute Gasteiger partial charge is 0.481 e. The fourth-order valence-corrected chi connectivity index (χ4v) is 3.61. The molecule has 0 aliphatic carbocycles. The van der Waals surface area contributed by atoms with Gasteiger partial charge >= 0.3 is 5.97 Å². The first-order valence-corrected chi connectivity index (χ1v) is 10.4. The molecule has 1 aromatic heterocycles. The van der Waals surface area contributed by atoms with Crippen LogP contribution in [0.5, 0.6) is 0 Å². The molecule has 2 heterocycles. The minimum Gasteiger partial charge on any atom is -0.481 e. The topological polar surface area (TPSA) is 82.2 Å². The Kier molecular flexibility index (Phi) is 8.09. The first-order valence-electron chi connectivity index (χ1n) is 10.4. The van der Waals surface area contributed by atoms with Gasteiger partial charge in [-0.1, -0.05) is 32.1 Å². The average molecular weight is 387 g/mol. The number of carbonyl (C=O) groups is 2. The lowest BCUT2D eigenvalue weighted by molar-refractivity contribution is -0.137. The van der Waals surface area contributed by atoms with Crippen LogP contribution in [0, 0.1) is 13.8 Å². The Bertz CT molecular complexity index is 784. The molecule has 0 aromatic carbocycles. The third-order valence-electron chi connectivity index (χ3n) is 5.87. The summed E-state index contributed by atoms with van der Waals surface area (Å²) in [5, 5.41) is 11.6. The van der Waals surface area contributed by atoms with Crippen LogP contribution in [0.3, 0.4) is 0 Å². The van der Waals surface area contributed by atoms with Crippen molar-refractivity contribution < 1.29 is 14.7 Å². The van der Waals surface area contributed by atoms with Crippen LogP contribution >= 0.6 is 0 Å². The zero-order chi connectivity index (χ0) is 20.7. The van der Waals surface area contributed by atoms with Crippen LogP contribution in [0.4, 0.5) is 0 Å². The second-order valence-electron chi connectivity index (χ2n) is 7.90. The molecular formula is C23H34N2O3. The van der Waals surface area contributed by atoms with Crippen LogP contribution in [-0.4, -0.2) is 22.0 Å². The van der Waals surface area contributed by atoms with Crippen molar-refractivity contribution in [3.63, 3.8) is 0 Å². The average Bonchev–Trinajstić information content (AvgIpc) is 3.05. The van der Waals surface area contributed by atoms with Crippen LogP contribution in [0.25, 0.3) is 6.08 Å². The van der Waals surface area contributed by atoms with E-state index in [1.165, 1.54) is 36.1 Å². The summed E-state index contributed by atoms with van der Waals surface area (Å²) in [5.41, 5.74) is 7.61. The number of aromatic amines is 1. The monoisotopic (exact) mass is 386 g/mol. The van der Waals surface area contributed by atoms with Crippen molar-refractivity contribution in [1.29, 1.82) is 0 Å². The number of carboxylic acid groups (broad SMARTS) is 1. The molecule has 2 rings (SSSR count). The van der Waals surface area contributed by atoms with E-state index in [0.717, 1.165) is 54.6 Å². The molecule has 1 aliphatic heterocycles. The van der Waals surface area contributed by atoms with Crippen molar-refractivity contribution in [3.05, 3.63) is 39.4 Å². The Morgan fingerprint density at radius 3 is 2.07 bits per heavy atom. The Morgan fingerprint density at radius 2 is 1.50 bits per heavy atom. The number of carbonyl (C=O) groups excluding carboxylic acids is 1. The van der Waals surface area contributed by atoms with Gasteiger partial charge in [-0.2, -0.15) is 0 Å². The second-order valence-corrected chi connectivity index (χ2v) is 7.90. The number of hydrogen-bond donors (Lipinski definition) is 3. The molecule has 3 N–H and O–H groups in total. The summed E-state index contributed by atoms with van der Waals surface area (Å²) in [5.74, 6) is -0.698. The third kappa shape index (κ3) is 5.85. The Labute approximate surface area is 168 Å². The highest BCUT2D eigenvalue weighted by Gasteiger charge is 2.21. The van der Waals surface area contributed by atoms with E-state index in [0.29, 0.717) is 6.42 Å². The molecule has 154 valence electrons. The molecule has 0 fully saturated rings. The number of unbranched alkanes of at least 4 members (excludes halogenated alkanes) is 6. The van der Waals surface area contributed by atoms with Crippen LogP contribution < -0.4 is 5.32 Å². The summed E-state index contributed by atoms with van der Waals surface area (Å²) < 4.78 is 0. The van der Waals surface area contributed by atoms with Gasteiger partial charge in [0.25, 0.3) is 5.91 Å². The number of nitrogens with one attached hydrogen (secondary N) is 2. The lowest BCUT2D eigenvalue weighted by Crippen LogP contribution is -2.15. The molecule has 5 heteroatoms. The van der Waals surface area contributed by atoms with E-state index in [1.807, 2.05) is 19.9 Å². The summed E-state index contributed by atoms with van der Waals surface area (Å²) in [4.78, 5) is 25.8. The summed E-state index contributed by atoms with van der Waals surface area (Å²) >= 11 is 0. The molecular weight excluding hydrogens is 352 g/mol. The highest BCUT2D eigenvalue weighted by atomic mass is 16.4. The van der Waals surface area contributed by atoms with Gasteiger partial charge in [-0.3, -0.25) is 9.59 Å². The van der Waals surface area contributed by atoms with Crippen LogP contribution in [-0.2, 0) is 16.0 Å². The molecule has 1 aliphatic rings. The predicted octanol–water partition coefficient (Wildman–Crippen LogP) is 5.19. The first kappa shape index (κ1) is 22.0. The maximum absolute atomic E-state index is 11.8. The normalized spacial score (nSPS) is 15.6. The number of aryl methyl sites for hydroxylation is 1. The van der Waals surface area contributed by atoms with E-state index in [1.54, 1.807) is 0 Å². The van der Waals surface area contributed by atoms with Crippen molar-refractivity contribution in [3.8, 4) is 0 Å². The molecule has 1 amide bonds. The standard InChI is InChI=1S/C23H34N2O3/c1-15-16(2)20(14-21-17(3)18(4)23(28)25-21)24-19(15)12-10-8-6-5-7-9-11-13-22(26)27/h14,24H,5-13H2,1-4H3,(H,25,28)(H,26,27)/b21-14-. The van der Waals surface area contributed by atoms with Gasteiger partial charge < -0.3 is 15.4 Å². The third-order valence-corrected chi connectivity index (χ3v) is 5.87. The lowest BCUT2D eigenvalue weighted by Gasteiger charge is -2.02. The highest BCUT2D eigenvalue weighted by Crippen LogP contribution is 2.26. The fourth-order valence-electron chi connectivity index (χ4n) is 3.61. The predicted molar refractivity (Wildman–Crippen MR) is 113 cm³/mol. The van der Waals surface area contributed by atoms with Crippen LogP contribution in [0.15, 0.2) is 16.8 Å². The van der Waals surface area contributed by atoms with Gasteiger partial charge in [0.05, 0.1) is 0 Å². The van der Waals surface area contributed by atoms with Crippen molar-refractivity contribution >= 4 is 18.0 Å².